The Bertz CT molecular complexity index is 1030. The Hall–Kier alpha value is -2.47. The van der Waals surface area contributed by atoms with Crippen molar-refractivity contribution in [2.45, 2.75) is 25.8 Å². The van der Waals surface area contributed by atoms with Gasteiger partial charge in [-0.05, 0) is 61.7 Å². The molecule has 0 amide bonds. The molecule has 0 spiro atoms. The molecule has 1 atom stereocenters. The van der Waals surface area contributed by atoms with E-state index < -0.39 is 0 Å². The molecule has 0 fully saturated rings. The molecule has 6 heteroatoms. The summed E-state index contributed by atoms with van der Waals surface area (Å²) in [6, 6.07) is 15.1. The number of allylic oxidation sites excluding steroid dienone is 1. The van der Waals surface area contributed by atoms with E-state index in [0.717, 1.165) is 48.9 Å². The number of nitrogens with zero attached hydrogens (tertiary/aromatic N) is 2. The van der Waals surface area contributed by atoms with Gasteiger partial charge in [0.1, 0.15) is 0 Å². The molecule has 2 aromatic carbocycles. The summed E-state index contributed by atoms with van der Waals surface area (Å²) in [6.45, 7) is 5.15. The minimum atomic E-state index is 0.180. The second kappa shape index (κ2) is 7.99. The van der Waals surface area contributed by atoms with Crippen molar-refractivity contribution < 1.29 is 0 Å². The molecule has 0 aromatic heterocycles. The predicted molar refractivity (Wildman–Crippen MR) is 125 cm³/mol. The fraction of sp³-hybridized carbons (Fsp3) is 0.333. The first kappa shape index (κ1) is 19.5. The summed E-state index contributed by atoms with van der Waals surface area (Å²) in [7, 11) is 2.18. The third-order valence-corrected chi connectivity index (χ3v) is 6.64. The van der Waals surface area contributed by atoms with Gasteiger partial charge in [-0.1, -0.05) is 41.9 Å². The van der Waals surface area contributed by atoms with E-state index in [1.165, 1.54) is 28.0 Å². The summed E-state index contributed by atoms with van der Waals surface area (Å²) in [6.07, 6.45) is 4.43. The van der Waals surface area contributed by atoms with Gasteiger partial charge in [0, 0.05) is 25.2 Å². The summed E-state index contributed by atoms with van der Waals surface area (Å²) in [4.78, 5) is 2.36. The standard InChI is InChI=1S/C24H28ClN5/c1-16-24-19-8-7-18(17-9-12-29(2)13-10-17)15-20(19)22(11-14-30(24)28-27-16)26-23-6-4-3-5-21(23)25/h3-9,15,22,26-28H,10-14H2,1-2H3. The van der Waals surface area contributed by atoms with Crippen LogP contribution in [0, 0.1) is 0 Å². The average Bonchev–Trinajstić information content (AvgIpc) is 3.05. The largest absolute Gasteiger partial charge is 0.377 e. The lowest BCUT2D eigenvalue weighted by Crippen LogP contribution is -2.37. The van der Waals surface area contributed by atoms with Gasteiger partial charge in [-0.25, -0.2) is 0 Å². The van der Waals surface area contributed by atoms with E-state index in [1.807, 2.05) is 18.2 Å². The van der Waals surface area contributed by atoms with Crippen LogP contribution in [0.5, 0.6) is 0 Å². The number of hydrogen-bond acceptors (Lipinski definition) is 5. The van der Waals surface area contributed by atoms with Gasteiger partial charge in [0.05, 0.1) is 28.1 Å². The fourth-order valence-corrected chi connectivity index (χ4v) is 4.80. The maximum atomic E-state index is 6.48. The predicted octanol–water partition coefficient (Wildman–Crippen LogP) is 4.63. The van der Waals surface area contributed by atoms with Crippen molar-refractivity contribution in [2.24, 2.45) is 0 Å². The molecule has 0 aliphatic carbocycles. The van der Waals surface area contributed by atoms with Gasteiger partial charge in [-0.15, -0.1) is 5.53 Å². The molecular formula is C24H28ClN5. The van der Waals surface area contributed by atoms with Crippen LogP contribution in [0.2, 0.25) is 5.02 Å². The maximum absolute atomic E-state index is 6.48. The van der Waals surface area contributed by atoms with Crippen molar-refractivity contribution in [3.05, 3.63) is 76.0 Å². The van der Waals surface area contributed by atoms with E-state index in [1.54, 1.807) is 0 Å². The van der Waals surface area contributed by atoms with E-state index >= 15 is 0 Å². The Morgan fingerprint density at radius 1 is 1.13 bits per heavy atom. The fourth-order valence-electron chi connectivity index (χ4n) is 4.61. The van der Waals surface area contributed by atoms with Crippen LogP contribution in [-0.4, -0.2) is 36.6 Å². The first-order valence-corrected chi connectivity index (χ1v) is 11.0. The molecule has 3 aliphatic heterocycles. The van der Waals surface area contributed by atoms with Crippen LogP contribution in [-0.2, 0) is 0 Å². The van der Waals surface area contributed by atoms with Crippen LogP contribution in [0.15, 0.2) is 54.2 Å². The summed E-state index contributed by atoms with van der Waals surface area (Å²) >= 11 is 6.48. The zero-order valence-corrected chi connectivity index (χ0v) is 18.3. The molecule has 3 N–H and O–H groups in total. The first-order valence-electron chi connectivity index (χ1n) is 10.6. The van der Waals surface area contributed by atoms with Crippen LogP contribution in [0.25, 0.3) is 11.3 Å². The molecule has 2 aromatic rings. The van der Waals surface area contributed by atoms with Gasteiger partial charge in [0.2, 0.25) is 0 Å². The van der Waals surface area contributed by atoms with Crippen molar-refractivity contribution in [1.82, 2.24) is 20.9 Å². The Labute approximate surface area is 183 Å². The number of para-hydroxylation sites is 1. The van der Waals surface area contributed by atoms with E-state index in [0.29, 0.717) is 0 Å². The zero-order valence-electron chi connectivity index (χ0n) is 17.5. The molecular weight excluding hydrogens is 394 g/mol. The van der Waals surface area contributed by atoms with Crippen molar-refractivity contribution >= 4 is 28.6 Å². The highest BCUT2D eigenvalue weighted by atomic mass is 35.5. The Kier molecular flexibility index (Phi) is 5.19. The van der Waals surface area contributed by atoms with Crippen molar-refractivity contribution in [1.29, 1.82) is 0 Å². The van der Waals surface area contributed by atoms with Gasteiger partial charge in [0.15, 0.2) is 0 Å². The Morgan fingerprint density at radius 2 is 2.00 bits per heavy atom. The minimum absolute atomic E-state index is 0.180. The topological polar surface area (TPSA) is 42.6 Å². The minimum Gasteiger partial charge on any atom is -0.377 e. The van der Waals surface area contributed by atoms with E-state index in [-0.39, 0.29) is 6.04 Å². The molecule has 3 heterocycles. The first-order chi connectivity index (χ1) is 14.6. The van der Waals surface area contributed by atoms with Crippen molar-refractivity contribution in [2.75, 3.05) is 32.0 Å². The van der Waals surface area contributed by atoms with Gasteiger partial charge >= 0.3 is 0 Å². The SMILES string of the molecule is CC1=C2c3ccc(C4=CCN(C)CC4)cc3C(Nc3ccccc3Cl)CCN2NN1. The summed E-state index contributed by atoms with van der Waals surface area (Å²) in [5.74, 6) is 0. The summed E-state index contributed by atoms with van der Waals surface area (Å²) < 4.78 is 0. The molecule has 0 saturated carbocycles. The Morgan fingerprint density at radius 3 is 2.80 bits per heavy atom. The average molecular weight is 422 g/mol. The van der Waals surface area contributed by atoms with Gasteiger partial charge in [-0.3, -0.25) is 5.01 Å². The van der Waals surface area contributed by atoms with E-state index in [2.05, 4.69) is 70.5 Å². The van der Waals surface area contributed by atoms with Crippen LogP contribution < -0.4 is 16.3 Å². The van der Waals surface area contributed by atoms with Crippen LogP contribution in [0.1, 0.15) is 42.5 Å². The van der Waals surface area contributed by atoms with Crippen LogP contribution >= 0.6 is 11.6 Å². The maximum Gasteiger partial charge on any atom is 0.0814 e. The van der Waals surface area contributed by atoms with Crippen molar-refractivity contribution in [3.8, 4) is 0 Å². The van der Waals surface area contributed by atoms with Gasteiger partial charge < -0.3 is 15.6 Å². The van der Waals surface area contributed by atoms with E-state index in [4.69, 9.17) is 11.6 Å². The van der Waals surface area contributed by atoms with Crippen LogP contribution in [0.3, 0.4) is 0 Å². The molecule has 0 radical (unpaired) electrons. The lowest BCUT2D eigenvalue weighted by atomic mass is 9.90. The van der Waals surface area contributed by atoms with Gasteiger partial charge in [-0.2, -0.15) is 0 Å². The highest BCUT2D eigenvalue weighted by molar-refractivity contribution is 6.33. The number of anilines is 1. The number of hydrogen-bond donors (Lipinski definition) is 3. The molecule has 1 unspecified atom stereocenters. The summed E-state index contributed by atoms with van der Waals surface area (Å²) in [5.41, 5.74) is 15.3. The molecule has 3 aliphatic rings. The summed E-state index contributed by atoms with van der Waals surface area (Å²) in [5, 5.41) is 6.71. The molecule has 30 heavy (non-hydrogen) atoms. The van der Waals surface area contributed by atoms with E-state index in [9.17, 15) is 0 Å². The normalized spacial score (nSPS) is 21.5. The number of fused-ring (bicyclic) bond motifs is 3. The van der Waals surface area contributed by atoms with Gasteiger partial charge in [0.25, 0.3) is 0 Å². The third-order valence-electron chi connectivity index (χ3n) is 6.31. The molecule has 0 bridgehead atoms. The third kappa shape index (κ3) is 3.58. The smallest absolute Gasteiger partial charge is 0.0814 e. The number of benzene rings is 2. The highest BCUT2D eigenvalue weighted by Crippen LogP contribution is 2.39. The quantitative estimate of drug-likeness (QED) is 0.674. The number of hydrazine groups is 2. The molecule has 5 rings (SSSR count). The lowest BCUT2D eigenvalue weighted by molar-refractivity contribution is 0.281. The zero-order chi connectivity index (χ0) is 20.7. The monoisotopic (exact) mass is 421 g/mol. The number of nitrogens with one attached hydrogen (secondary N) is 3. The van der Waals surface area contributed by atoms with Crippen molar-refractivity contribution in [3.63, 3.8) is 0 Å². The second-order valence-electron chi connectivity index (χ2n) is 8.37. The lowest BCUT2D eigenvalue weighted by Gasteiger charge is -2.25. The number of rotatable bonds is 3. The Balaban J connectivity index is 1.58. The molecule has 156 valence electrons. The highest BCUT2D eigenvalue weighted by Gasteiger charge is 2.30. The number of likely N-dealkylation sites (N-methyl/N-ethyl adjacent to an activating group) is 1. The molecule has 5 nitrogen and oxygen atoms in total. The van der Waals surface area contributed by atoms with Crippen LogP contribution in [0.4, 0.5) is 5.69 Å². The molecule has 0 saturated heterocycles. The number of halogens is 1. The second-order valence-corrected chi connectivity index (χ2v) is 8.78.